The van der Waals surface area contributed by atoms with E-state index in [1.165, 1.54) is 5.56 Å². The predicted molar refractivity (Wildman–Crippen MR) is 64.0 cm³/mol. The second-order valence-corrected chi connectivity index (χ2v) is 4.39. The Balaban J connectivity index is 2.73. The lowest BCUT2D eigenvalue weighted by atomic mass is 10.1. The number of rotatable bonds is 3. The summed E-state index contributed by atoms with van der Waals surface area (Å²) in [5.41, 5.74) is 3.28. The van der Waals surface area contributed by atoms with Crippen LogP contribution in [0.3, 0.4) is 0 Å². The van der Waals surface area contributed by atoms with Gasteiger partial charge in [-0.05, 0) is 37.0 Å². The van der Waals surface area contributed by atoms with E-state index in [0.717, 1.165) is 11.3 Å². The molecule has 0 aromatic heterocycles. The average molecular weight is 205 g/mol. The van der Waals surface area contributed by atoms with Gasteiger partial charge in [0.2, 0.25) is 5.91 Å². The second kappa shape index (κ2) is 4.96. The molecule has 0 unspecified atom stereocenters. The largest absolute Gasteiger partial charge is 0.326 e. The van der Waals surface area contributed by atoms with E-state index in [4.69, 9.17) is 0 Å². The maximum absolute atomic E-state index is 11.6. The first-order valence-corrected chi connectivity index (χ1v) is 5.36. The van der Waals surface area contributed by atoms with Crippen molar-refractivity contribution in [2.75, 3.05) is 5.32 Å². The second-order valence-electron chi connectivity index (χ2n) is 4.39. The highest BCUT2D eigenvalue weighted by Crippen LogP contribution is 2.18. The third-order valence-electron chi connectivity index (χ3n) is 2.47. The maximum atomic E-state index is 11.6. The normalized spacial score (nSPS) is 10.5. The van der Waals surface area contributed by atoms with Crippen molar-refractivity contribution in [2.45, 2.75) is 34.1 Å². The summed E-state index contributed by atoms with van der Waals surface area (Å²) < 4.78 is 0. The molecule has 0 saturated heterocycles. The van der Waals surface area contributed by atoms with E-state index in [1.54, 1.807) is 0 Å². The van der Waals surface area contributed by atoms with Crippen molar-refractivity contribution in [3.05, 3.63) is 29.3 Å². The Hall–Kier alpha value is -1.31. The summed E-state index contributed by atoms with van der Waals surface area (Å²) in [6.45, 7) is 8.17. The highest BCUT2D eigenvalue weighted by molar-refractivity contribution is 5.91. The molecule has 0 spiro atoms. The van der Waals surface area contributed by atoms with Crippen LogP contribution < -0.4 is 5.32 Å². The van der Waals surface area contributed by atoms with Crippen LogP contribution in [0.2, 0.25) is 0 Å². The Morgan fingerprint density at radius 2 is 2.00 bits per heavy atom. The van der Waals surface area contributed by atoms with Crippen LogP contribution in [-0.2, 0) is 4.79 Å². The van der Waals surface area contributed by atoms with E-state index < -0.39 is 0 Å². The van der Waals surface area contributed by atoms with E-state index in [1.807, 2.05) is 45.9 Å². The average Bonchev–Trinajstić information content (AvgIpc) is 2.11. The van der Waals surface area contributed by atoms with Gasteiger partial charge in [0.05, 0.1) is 0 Å². The molecule has 0 aliphatic carbocycles. The van der Waals surface area contributed by atoms with Crippen molar-refractivity contribution in [1.29, 1.82) is 0 Å². The van der Waals surface area contributed by atoms with Gasteiger partial charge in [-0.1, -0.05) is 26.0 Å². The molecule has 1 aromatic rings. The molecular formula is C13H19NO. The Kier molecular flexibility index (Phi) is 3.89. The number of carbonyl (C=O) groups is 1. The minimum Gasteiger partial charge on any atom is -0.326 e. The van der Waals surface area contributed by atoms with Crippen LogP contribution in [-0.4, -0.2) is 5.91 Å². The molecule has 2 nitrogen and oxygen atoms in total. The molecule has 0 radical (unpaired) electrons. The van der Waals surface area contributed by atoms with Crippen LogP contribution in [0, 0.1) is 19.8 Å². The third-order valence-corrected chi connectivity index (χ3v) is 2.47. The van der Waals surface area contributed by atoms with Gasteiger partial charge in [-0.2, -0.15) is 0 Å². The van der Waals surface area contributed by atoms with Gasteiger partial charge in [-0.3, -0.25) is 4.79 Å². The molecule has 0 saturated carbocycles. The molecule has 1 rings (SSSR count). The van der Waals surface area contributed by atoms with E-state index in [-0.39, 0.29) is 5.91 Å². The molecule has 82 valence electrons. The fraction of sp³-hybridized carbons (Fsp3) is 0.462. The van der Waals surface area contributed by atoms with Gasteiger partial charge in [0.25, 0.3) is 0 Å². The molecule has 15 heavy (non-hydrogen) atoms. The van der Waals surface area contributed by atoms with Crippen LogP contribution in [0.15, 0.2) is 18.2 Å². The molecular weight excluding hydrogens is 186 g/mol. The quantitative estimate of drug-likeness (QED) is 0.806. The first-order valence-electron chi connectivity index (χ1n) is 5.36. The standard InChI is InChI=1S/C13H19NO/c1-9(2)8-13(15)14-12-7-5-6-10(3)11(12)4/h5-7,9H,8H2,1-4H3,(H,14,15). The molecule has 0 aliphatic heterocycles. The van der Waals surface area contributed by atoms with Crippen LogP contribution >= 0.6 is 0 Å². The summed E-state index contributed by atoms with van der Waals surface area (Å²) in [7, 11) is 0. The zero-order chi connectivity index (χ0) is 11.4. The van der Waals surface area contributed by atoms with Crippen molar-refractivity contribution < 1.29 is 4.79 Å². The SMILES string of the molecule is Cc1cccc(NC(=O)CC(C)C)c1C. The lowest BCUT2D eigenvalue weighted by molar-refractivity contribution is -0.116. The maximum Gasteiger partial charge on any atom is 0.224 e. The summed E-state index contributed by atoms with van der Waals surface area (Å²) in [6, 6.07) is 5.96. The topological polar surface area (TPSA) is 29.1 Å². The van der Waals surface area contributed by atoms with Crippen molar-refractivity contribution in [3.8, 4) is 0 Å². The van der Waals surface area contributed by atoms with Gasteiger partial charge in [-0.15, -0.1) is 0 Å². The van der Waals surface area contributed by atoms with Crippen molar-refractivity contribution in [2.24, 2.45) is 5.92 Å². The first-order chi connectivity index (χ1) is 7.00. The fourth-order valence-corrected chi connectivity index (χ4v) is 1.46. The zero-order valence-electron chi connectivity index (χ0n) is 9.92. The molecule has 1 N–H and O–H groups in total. The number of hydrogen-bond acceptors (Lipinski definition) is 1. The van der Waals surface area contributed by atoms with Gasteiger partial charge < -0.3 is 5.32 Å². The Morgan fingerprint density at radius 1 is 1.33 bits per heavy atom. The summed E-state index contributed by atoms with van der Waals surface area (Å²) in [4.78, 5) is 11.6. The minimum atomic E-state index is 0.0960. The van der Waals surface area contributed by atoms with Crippen LogP contribution in [0.1, 0.15) is 31.4 Å². The zero-order valence-corrected chi connectivity index (χ0v) is 9.92. The molecule has 0 aliphatic rings. The summed E-state index contributed by atoms with van der Waals surface area (Å²) in [5, 5.41) is 2.94. The molecule has 1 aromatic carbocycles. The molecule has 0 fully saturated rings. The number of aryl methyl sites for hydroxylation is 1. The highest BCUT2D eigenvalue weighted by Gasteiger charge is 2.07. The Morgan fingerprint density at radius 3 is 2.60 bits per heavy atom. The smallest absolute Gasteiger partial charge is 0.224 e. The molecule has 0 atom stereocenters. The van der Waals surface area contributed by atoms with Crippen molar-refractivity contribution >= 4 is 11.6 Å². The predicted octanol–water partition coefficient (Wildman–Crippen LogP) is 3.29. The summed E-state index contributed by atoms with van der Waals surface area (Å²) in [6.07, 6.45) is 0.577. The third kappa shape index (κ3) is 3.39. The summed E-state index contributed by atoms with van der Waals surface area (Å²) >= 11 is 0. The van der Waals surface area contributed by atoms with E-state index in [2.05, 4.69) is 5.32 Å². The lowest BCUT2D eigenvalue weighted by Gasteiger charge is -2.11. The summed E-state index contributed by atoms with van der Waals surface area (Å²) in [5.74, 6) is 0.494. The lowest BCUT2D eigenvalue weighted by Crippen LogP contribution is -2.14. The number of hydrogen-bond donors (Lipinski definition) is 1. The van der Waals surface area contributed by atoms with Crippen LogP contribution in [0.5, 0.6) is 0 Å². The number of anilines is 1. The number of amides is 1. The molecule has 0 bridgehead atoms. The van der Waals surface area contributed by atoms with Crippen LogP contribution in [0.25, 0.3) is 0 Å². The van der Waals surface area contributed by atoms with Gasteiger partial charge in [0, 0.05) is 12.1 Å². The van der Waals surface area contributed by atoms with Gasteiger partial charge >= 0.3 is 0 Å². The molecule has 1 amide bonds. The number of carbonyl (C=O) groups excluding carboxylic acids is 1. The van der Waals surface area contributed by atoms with Crippen LogP contribution in [0.4, 0.5) is 5.69 Å². The van der Waals surface area contributed by atoms with Gasteiger partial charge in [-0.25, -0.2) is 0 Å². The molecule has 2 heteroatoms. The highest BCUT2D eigenvalue weighted by atomic mass is 16.1. The van der Waals surface area contributed by atoms with Crippen molar-refractivity contribution in [3.63, 3.8) is 0 Å². The van der Waals surface area contributed by atoms with Gasteiger partial charge in [0.1, 0.15) is 0 Å². The Bertz CT molecular complexity index is 356. The van der Waals surface area contributed by atoms with E-state index in [0.29, 0.717) is 12.3 Å². The molecule has 0 heterocycles. The monoisotopic (exact) mass is 205 g/mol. The van der Waals surface area contributed by atoms with Crippen molar-refractivity contribution in [1.82, 2.24) is 0 Å². The Labute approximate surface area is 91.7 Å². The van der Waals surface area contributed by atoms with E-state index in [9.17, 15) is 4.79 Å². The van der Waals surface area contributed by atoms with E-state index >= 15 is 0 Å². The number of nitrogens with one attached hydrogen (secondary N) is 1. The number of benzene rings is 1. The fourth-order valence-electron chi connectivity index (χ4n) is 1.46. The minimum absolute atomic E-state index is 0.0960. The first kappa shape index (κ1) is 11.8. The van der Waals surface area contributed by atoms with Gasteiger partial charge in [0.15, 0.2) is 0 Å².